The van der Waals surface area contributed by atoms with Crippen molar-refractivity contribution in [3.8, 4) is 0 Å². The number of nitrogens with zero attached hydrogens (tertiary/aromatic N) is 1. The Bertz CT molecular complexity index is 1010. The van der Waals surface area contributed by atoms with Crippen LogP contribution in [0.5, 0.6) is 0 Å². The van der Waals surface area contributed by atoms with E-state index in [0.717, 1.165) is 38.8 Å². The molecule has 1 saturated heterocycles. The highest BCUT2D eigenvalue weighted by Gasteiger charge is 2.48. The molecule has 0 bridgehead atoms. The number of aliphatic hydroxyl groups is 1. The van der Waals surface area contributed by atoms with Crippen LogP contribution in [0.4, 0.5) is 0 Å². The van der Waals surface area contributed by atoms with E-state index in [2.05, 4.69) is 60.4 Å². The van der Waals surface area contributed by atoms with Gasteiger partial charge >= 0.3 is 0 Å². The highest BCUT2D eigenvalue weighted by molar-refractivity contribution is 5.91. The van der Waals surface area contributed by atoms with E-state index >= 15 is 0 Å². The lowest BCUT2D eigenvalue weighted by molar-refractivity contribution is -0.126. The average Bonchev–Trinajstić information content (AvgIpc) is 3.28. The van der Waals surface area contributed by atoms with Crippen molar-refractivity contribution in [2.75, 3.05) is 19.6 Å². The van der Waals surface area contributed by atoms with Gasteiger partial charge in [0.1, 0.15) is 0 Å². The Morgan fingerprint density at radius 1 is 1.00 bits per heavy atom. The van der Waals surface area contributed by atoms with E-state index in [1.165, 1.54) is 16.7 Å². The lowest BCUT2D eigenvalue weighted by Crippen LogP contribution is -2.39. The van der Waals surface area contributed by atoms with Crippen molar-refractivity contribution in [2.45, 2.75) is 38.2 Å². The number of hydrogen-bond donors (Lipinski definition) is 1. The number of rotatable bonds is 6. The molecular weight excluding hydrogens is 394 g/mol. The number of ketones is 1. The Labute approximate surface area is 191 Å². The maximum Gasteiger partial charge on any atom is 0.156 e. The minimum Gasteiger partial charge on any atom is -0.390 e. The van der Waals surface area contributed by atoms with Gasteiger partial charge in [-0.25, -0.2) is 0 Å². The van der Waals surface area contributed by atoms with Gasteiger partial charge in [-0.15, -0.1) is 0 Å². The quantitative estimate of drug-likeness (QED) is 0.711. The summed E-state index contributed by atoms with van der Waals surface area (Å²) in [6, 6.07) is 20.7. The zero-order valence-electron chi connectivity index (χ0n) is 18.9. The summed E-state index contributed by atoms with van der Waals surface area (Å²) in [6.45, 7) is 4.44. The van der Waals surface area contributed by atoms with E-state index in [1.54, 1.807) is 0 Å². The number of carbonyl (C=O) groups is 1. The van der Waals surface area contributed by atoms with Gasteiger partial charge in [-0.2, -0.15) is 0 Å². The molecule has 4 atom stereocenters. The van der Waals surface area contributed by atoms with Crippen molar-refractivity contribution in [2.24, 2.45) is 17.3 Å². The topological polar surface area (TPSA) is 40.5 Å². The largest absolute Gasteiger partial charge is 0.390 e. The van der Waals surface area contributed by atoms with E-state index in [-0.39, 0.29) is 0 Å². The fraction of sp³-hybridized carbons (Fsp3) is 0.414. The minimum absolute atomic E-state index is 0.301. The van der Waals surface area contributed by atoms with Gasteiger partial charge in [-0.05, 0) is 54.7 Å². The van der Waals surface area contributed by atoms with E-state index in [0.29, 0.717) is 24.2 Å². The summed E-state index contributed by atoms with van der Waals surface area (Å²) in [6.07, 6.45) is 9.44. The maximum atomic E-state index is 13.4. The van der Waals surface area contributed by atoms with Crippen molar-refractivity contribution in [1.29, 1.82) is 0 Å². The van der Waals surface area contributed by atoms with Gasteiger partial charge in [-0.3, -0.25) is 9.69 Å². The molecule has 2 fully saturated rings. The van der Waals surface area contributed by atoms with Crippen LogP contribution < -0.4 is 0 Å². The van der Waals surface area contributed by atoms with Crippen LogP contribution in [0.3, 0.4) is 0 Å². The molecule has 32 heavy (non-hydrogen) atoms. The van der Waals surface area contributed by atoms with Gasteiger partial charge < -0.3 is 5.11 Å². The normalized spacial score (nSPS) is 32.0. The molecule has 1 heterocycles. The molecule has 0 aromatic heterocycles. The number of Topliss-reactive ketones (excluding diaryl/α,β-unsaturated/α-hetero) is 1. The summed E-state index contributed by atoms with van der Waals surface area (Å²) in [5.41, 5.74) is 2.59. The van der Waals surface area contributed by atoms with E-state index in [9.17, 15) is 9.90 Å². The molecule has 3 heteroatoms. The smallest absolute Gasteiger partial charge is 0.156 e. The molecule has 3 nitrogen and oxygen atoms in total. The molecule has 1 N–H and O–H groups in total. The maximum absolute atomic E-state index is 13.4. The SMILES string of the molecule is CC1(C(=O)CN2C[C@@H]3CC(O)(Cc4ccccc4)C[C@@H]3C2)C=CC=C(c2ccccc2)C1. The van der Waals surface area contributed by atoms with Crippen molar-refractivity contribution in [3.05, 3.63) is 90.0 Å². The molecule has 2 unspecified atom stereocenters. The first-order valence-corrected chi connectivity index (χ1v) is 11.9. The lowest BCUT2D eigenvalue weighted by Gasteiger charge is -2.31. The fourth-order valence-corrected chi connectivity index (χ4v) is 6.12. The van der Waals surface area contributed by atoms with Gasteiger partial charge in [0, 0.05) is 24.9 Å². The molecule has 2 aliphatic carbocycles. The number of benzene rings is 2. The van der Waals surface area contributed by atoms with E-state index < -0.39 is 11.0 Å². The summed E-state index contributed by atoms with van der Waals surface area (Å²) in [5.74, 6) is 1.28. The number of hydrogen-bond acceptors (Lipinski definition) is 3. The van der Waals surface area contributed by atoms with Gasteiger partial charge in [0.25, 0.3) is 0 Å². The molecule has 3 aliphatic rings. The number of fused-ring (bicyclic) bond motifs is 1. The van der Waals surface area contributed by atoms with Gasteiger partial charge in [0.15, 0.2) is 5.78 Å². The van der Waals surface area contributed by atoms with E-state index in [1.807, 2.05) is 30.3 Å². The first-order chi connectivity index (χ1) is 15.4. The van der Waals surface area contributed by atoms with Gasteiger partial charge in [-0.1, -0.05) is 78.9 Å². The standard InChI is InChI=1S/C29H33NO2/c1-28(14-8-13-24(16-28)23-11-6-3-7-12-23)27(31)21-30-19-25-17-29(32,18-26(25)20-30)15-22-9-4-2-5-10-22/h2-14,25-26,32H,15-21H2,1H3/t25-,26+,28?,29?. The van der Waals surface area contributed by atoms with Crippen LogP contribution >= 0.6 is 0 Å². The molecule has 5 rings (SSSR count). The lowest BCUT2D eigenvalue weighted by atomic mass is 9.75. The summed E-state index contributed by atoms with van der Waals surface area (Å²) in [5, 5.41) is 11.2. The Morgan fingerprint density at radius 2 is 1.62 bits per heavy atom. The Morgan fingerprint density at radius 3 is 2.28 bits per heavy atom. The average molecular weight is 428 g/mol. The molecule has 1 aliphatic heterocycles. The third-order valence-corrected chi connectivity index (χ3v) is 7.78. The minimum atomic E-state index is -0.597. The van der Waals surface area contributed by atoms with E-state index in [4.69, 9.17) is 0 Å². The highest BCUT2D eigenvalue weighted by Crippen LogP contribution is 2.46. The second kappa shape index (κ2) is 8.46. The summed E-state index contributed by atoms with van der Waals surface area (Å²) >= 11 is 0. The van der Waals surface area contributed by atoms with Crippen molar-refractivity contribution < 1.29 is 9.90 Å². The second-order valence-corrected chi connectivity index (χ2v) is 10.4. The van der Waals surface area contributed by atoms with Crippen molar-refractivity contribution in [1.82, 2.24) is 4.90 Å². The molecule has 0 spiro atoms. The highest BCUT2D eigenvalue weighted by atomic mass is 16.3. The predicted molar refractivity (Wildman–Crippen MR) is 129 cm³/mol. The molecule has 2 aromatic carbocycles. The van der Waals surface area contributed by atoms with Crippen molar-refractivity contribution in [3.63, 3.8) is 0 Å². The fourth-order valence-electron chi connectivity index (χ4n) is 6.12. The first kappa shape index (κ1) is 21.4. The summed E-state index contributed by atoms with van der Waals surface area (Å²) in [4.78, 5) is 15.7. The van der Waals surface area contributed by atoms with Crippen LogP contribution in [0, 0.1) is 17.3 Å². The van der Waals surface area contributed by atoms with Crippen LogP contribution in [0.1, 0.15) is 37.3 Å². The third-order valence-electron chi connectivity index (χ3n) is 7.78. The Balaban J connectivity index is 1.18. The molecule has 166 valence electrons. The van der Waals surface area contributed by atoms with Crippen LogP contribution in [0.2, 0.25) is 0 Å². The molecule has 0 radical (unpaired) electrons. The number of allylic oxidation sites excluding steroid dienone is 4. The summed E-state index contributed by atoms with van der Waals surface area (Å²) in [7, 11) is 0. The van der Waals surface area contributed by atoms with Crippen LogP contribution in [-0.2, 0) is 11.2 Å². The number of likely N-dealkylation sites (tertiary alicyclic amines) is 1. The zero-order chi connectivity index (χ0) is 22.2. The number of carbonyl (C=O) groups excluding carboxylic acids is 1. The Kier molecular flexibility index (Phi) is 5.65. The molecule has 0 amide bonds. The van der Waals surface area contributed by atoms with Crippen molar-refractivity contribution >= 4 is 11.4 Å². The molecule has 1 saturated carbocycles. The monoisotopic (exact) mass is 427 g/mol. The van der Waals surface area contributed by atoms with Crippen LogP contribution in [-0.4, -0.2) is 41.0 Å². The predicted octanol–water partition coefficient (Wildman–Crippen LogP) is 4.92. The zero-order valence-corrected chi connectivity index (χ0v) is 18.9. The Hall–Kier alpha value is -2.49. The van der Waals surface area contributed by atoms with Gasteiger partial charge in [0.2, 0.25) is 0 Å². The summed E-state index contributed by atoms with van der Waals surface area (Å²) < 4.78 is 0. The van der Waals surface area contributed by atoms with Gasteiger partial charge in [0.05, 0.1) is 12.1 Å². The second-order valence-electron chi connectivity index (χ2n) is 10.4. The first-order valence-electron chi connectivity index (χ1n) is 11.9. The molecular formula is C29H33NO2. The van der Waals surface area contributed by atoms with Crippen LogP contribution in [0.25, 0.3) is 5.57 Å². The third kappa shape index (κ3) is 4.37. The van der Waals surface area contributed by atoms with Crippen LogP contribution in [0.15, 0.2) is 78.9 Å². The molecule has 2 aromatic rings.